The highest BCUT2D eigenvalue weighted by Crippen LogP contribution is 2.17. The van der Waals surface area contributed by atoms with Crippen molar-refractivity contribution in [3.8, 4) is 0 Å². The Morgan fingerprint density at radius 1 is 1.73 bits per heavy atom. The fourth-order valence-electron chi connectivity index (χ4n) is 0.680. The van der Waals surface area contributed by atoms with Crippen molar-refractivity contribution >= 4 is 5.97 Å². The quantitative estimate of drug-likeness (QED) is 0.493. The van der Waals surface area contributed by atoms with Gasteiger partial charge >= 0.3 is 5.97 Å². The number of carboxylic acid groups (broad SMARTS) is 1. The number of carbonyl (C=O) groups is 1. The van der Waals surface area contributed by atoms with Gasteiger partial charge in [-0.15, -0.1) is 0 Å². The minimum absolute atomic E-state index is 0.116. The Hall–Kier alpha value is -0.870. The highest BCUT2D eigenvalue weighted by Gasteiger charge is 2.30. The third kappa shape index (κ3) is 2.03. The van der Waals surface area contributed by atoms with Crippen LogP contribution in [0.4, 0.5) is 0 Å². The van der Waals surface area contributed by atoms with Gasteiger partial charge in [0.1, 0.15) is 5.60 Å². The van der Waals surface area contributed by atoms with Gasteiger partial charge in [-0.2, -0.15) is 0 Å². The van der Waals surface area contributed by atoms with Crippen LogP contribution < -0.4 is 5.73 Å². The van der Waals surface area contributed by atoms with E-state index >= 15 is 0 Å². The van der Waals surface area contributed by atoms with Crippen LogP contribution in [0.1, 0.15) is 13.3 Å². The van der Waals surface area contributed by atoms with E-state index in [1.54, 1.807) is 6.92 Å². The van der Waals surface area contributed by atoms with Crippen LogP contribution in [0.25, 0.3) is 0 Å². The summed E-state index contributed by atoms with van der Waals surface area (Å²) >= 11 is 0. The van der Waals surface area contributed by atoms with Gasteiger partial charge in [-0.3, -0.25) is 0 Å². The molecule has 0 aliphatic carbocycles. The number of nitrogens with two attached hydrogens (primary N) is 1. The van der Waals surface area contributed by atoms with E-state index in [0.29, 0.717) is 0 Å². The first-order chi connectivity index (χ1) is 4.98. The Morgan fingerprint density at radius 3 is 2.27 bits per heavy atom. The molecule has 0 spiro atoms. The number of aliphatic hydroxyl groups is 1. The zero-order chi connectivity index (χ0) is 9.07. The van der Waals surface area contributed by atoms with Gasteiger partial charge in [0.05, 0.1) is 5.57 Å². The monoisotopic (exact) mass is 159 g/mol. The molecule has 64 valence electrons. The topological polar surface area (TPSA) is 83.5 Å². The van der Waals surface area contributed by atoms with E-state index in [2.05, 4.69) is 6.58 Å². The van der Waals surface area contributed by atoms with Crippen LogP contribution >= 0.6 is 0 Å². The van der Waals surface area contributed by atoms with Gasteiger partial charge in [0, 0.05) is 6.54 Å². The highest BCUT2D eigenvalue weighted by molar-refractivity contribution is 5.88. The predicted molar refractivity (Wildman–Crippen MR) is 41.1 cm³/mol. The van der Waals surface area contributed by atoms with Crippen molar-refractivity contribution in [2.45, 2.75) is 18.9 Å². The Balaban J connectivity index is 4.50. The molecule has 1 unspecified atom stereocenters. The fraction of sp³-hybridized carbons (Fsp3) is 0.571. The second-order valence-corrected chi connectivity index (χ2v) is 2.37. The van der Waals surface area contributed by atoms with Crippen molar-refractivity contribution in [1.82, 2.24) is 0 Å². The predicted octanol–water partition coefficient (Wildman–Crippen LogP) is -0.273. The van der Waals surface area contributed by atoms with Crippen molar-refractivity contribution in [2.24, 2.45) is 5.73 Å². The number of hydrogen-bond acceptors (Lipinski definition) is 3. The van der Waals surface area contributed by atoms with E-state index in [0.717, 1.165) is 0 Å². The smallest absolute Gasteiger partial charge is 0.333 e. The van der Waals surface area contributed by atoms with E-state index in [9.17, 15) is 9.90 Å². The van der Waals surface area contributed by atoms with Gasteiger partial charge in [-0.25, -0.2) is 4.79 Å². The van der Waals surface area contributed by atoms with E-state index < -0.39 is 11.6 Å². The average Bonchev–Trinajstić information content (AvgIpc) is 2.01. The third-order valence-electron chi connectivity index (χ3n) is 1.74. The lowest BCUT2D eigenvalue weighted by Gasteiger charge is -2.24. The van der Waals surface area contributed by atoms with Crippen LogP contribution in [-0.4, -0.2) is 28.3 Å². The SMILES string of the molecule is C=C(C(=O)O)C(O)(CC)CN. The van der Waals surface area contributed by atoms with Crippen molar-refractivity contribution in [1.29, 1.82) is 0 Å². The molecule has 0 aromatic heterocycles. The lowest BCUT2D eigenvalue weighted by atomic mass is 9.92. The minimum Gasteiger partial charge on any atom is -0.478 e. The first-order valence-corrected chi connectivity index (χ1v) is 3.33. The molecule has 4 heteroatoms. The van der Waals surface area contributed by atoms with Gasteiger partial charge in [-0.1, -0.05) is 13.5 Å². The van der Waals surface area contributed by atoms with E-state index in [4.69, 9.17) is 10.8 Å². The second-order valence-electron chi connectivity index (χ2n) is 2.37. The summed E-state index contributed by atoms with van der Waals surface area (Å²) in [6.45, 7) is 4.78. The molecule has 0 radical (unpaired) electrons. The summed E-state index contributed by atoms with van der Waals surface area (Å²) in [4.78, 5) is 10.3. The Morgan fingerprint density at radius 2 is 2.18 bits per heavy atom. The highest BCUT2D eigenvalue weighted by atomic mass is 16.4. The molecule has 0 aromatic carbocycles. The number of carboxylic acids is 1. The van der Waals surface area contributed by atoms with Crippen LogP contribution in [-0.2, 0) is 4.79 Å². The van der Waals surface area contributed by atoms with Crippen LogP contribution in [0.2, 0.25) is 0 Å². The molecule has 0 bridgehead atoms. The lowest BCUT2D eigenvalue weighted by Crippen LogP contribution is -2.41. The molecule has 0 aliphatic rings. The molecule has 0 heterocycles. The van der Waals surface area contributed by atoms with Crippen LogP contribution in [0.3, 0.4) is 0 Å². The summed E-state index contributed by atoms with van der Waals surface area (Å²) < 4.78 is 0. The van der Waals surface area contributed by atoms with Crippen molar-refractivity contribution in [2.75, 3.05) is 6.54 Å². The van der Waals surface area contributed by atoms with Crippen LogP contribution in [0.15, 0.2) is 12.2 Å². The normalized spacial score (nSPS) is 15.5. The Kier molecular flexibility index (Phi) is 3.22. The molecular weight excluding hydrogens is 146 g/mol. The molecule has 0 rings (SSSR count). The van der Waals surface area contributed by atoms with Gasteiger partial charge in [-0.05, 0) is 6.42 Å². The Labute approximate surface area is 65.3 Å². The average molecular weight is 159 g/mol. The summed E-state index contributed by atoms with van der Waals surface area (Å²) in [6, 6.07) is 0. The largest absolute Gasteiger partial charge is 0.478 e. The van der Waals surface area contributed by atoms with E-state index in [-0.39, 0.29) is 18.5 Å². The molecule has 0 saturated carbocycles. The number of aliphatic carboxylic acids is 1. The lowest BCUT2D eigenvalue weighted by molar-refractivity contribution is -0.135. The zero-order valence-corrected chi connectivity index (χ0v) is 6.50. The van der Waals surface area contributed by atoms with Crippen LogP contribution in [0, 0.1) is 0 Å². The third-order valence-corrected chi connectivity index (χ3v) is 1.74. The maximum Gasteiger partial charge on any atom is 0.333 e. The summed E-state index contributed by atoms with van der Waals surface area (Å²) in [5.41, 5.74) is 3.48. The molecule has 0 amide bonds. The summed E-state index contributed by atoms with van der Waals surface area (Å²) in [6.07, 6.45) is 0.259. The second kappa shape index (κ2) is 3.50. The van der Waals surface area contributed by atoms with Crippen LogP contribution in [0.5, 0.6) is 0 Å². The summed E-state index contributed by atoms with van der Waals surface area (Å²) in [5, 5.41) is 17.9. The molecule has 11 heavy (non-hydrogen) atoms. The maximum atomic E-state index is 10.3. The molecule has 4 nitrogen and oxygen atoms in total. The van der Waals surface area contributed by atoms with Crippen molar-refractivity contribution in [3.05, 3.63) is 12.2 Å². The standard InChI is InChI=1S/C7H13NO3/c1-3-7(11,4-8)5(2)6(9)10/h11H,2-4,8H2,1H3,(H,9,10). The minimum atomic E-state index is -1.45. The molecular formula is C7H13NO3. The molecule has 4 N–H and O–H groups in total. The molecule has 0 aliphatic heterocycles. The van der Waals surface area contributed by atoms with E-state index in [1.165, 1.54) is 0 Å². The zero-order valence-electron chi connectivity index (χ0n) is 6.50. The first-order valence-electron chi connectivity index (χ1n) is 3.33. The Bertz CT molecular complexity index is 173. The van der Waals surface area contributed by atoms with Crippen molar-refractivity contribution < 1.29 is 15.0 Å². The van der Waals surface area contributed by atoms with Gasteiger partial charge in [0.15, 0.2) is 0 Å². The number of rotatable bonds is 4. The number of hydrogen-bond donors (Lipinski definition) is 3. The fourth-order valence-corrected chi connectivity index (χ4v) is 0.680. The first kappa shape index (κ1) is 10.1. The summed E-state index contributed by atoms with van der Waals surface area (Å²) in [7, 11) is 0. The molecule has 0 aromatic rings. The molecule has 0 saturated heterocycles. The summed E-state index contributed by atoms with van der Waals surface area (Å²) in [5.74, 6) is -1.21. The molecule has 1 atom stereocenters. The van der Waals surface area contributed by atoms with E-state index in [1.807, 2.05) is 0 Å². The van der Waals surface area contributed by atoms with Gasteiger partial charge in [0.25, 0.3) is 0 Å². The van der Waals surface area contributed by atoms with Crippen molar-refractivity contribution in [3.63, 3.8) is 0 Å². The molecule has 0 fully saturated rings. The van der Waals surface area contributed by atoms with Gasteiger partial charge < -0.3 is 15.9 Å². The maximum absolute atomic E-state index is 10.3. The van der Waals surface area contributed by atoms with Gasteiger partial charge in [0.2, 0.25) is 0 Å².